The van der Waals surface area contributed by atoms with Crippen molar-refractivity contribution in [2.24, 2.45) is 5.84 Å². The van der Waals surface area contributed by atoms with Gasteiger partial charge in [0, 0.05) is 11.6 Å². The fraction of sp³-hybridized carbons (Fsp3) is 0.143. The van der Waals surface area contributed by atoms with Gasteiger partial charge < -0.3 is 0 Å². The molecule has 2 rings (SSSR count). The molecule has 1 unspecified atom stereocenters. The standard InChI is InChI=1S/C14H14F2N2/c1-9-7-11(13(16)8-12(9)15)14(18-17)10-5-3-2-4-6-10/h2-8,14,18H,17H2,1H3. The lowest BCUT2D eigenvalue weighted by Gasteiger charge is -2.18. The van der Waals surface area contributed by atoms with Crippen LogP contribution in [0.4, 0.5) is 8.78 Å². The molecule has 18 heavy (non-hydrogen) atoms. The van der Waals surface area contributed by atoms with Gasteiger partial charge in [-0.15, -0.1) is 0 Å². The zero-order valence-electron chi connectivity index (χ0n) is 9.95. The van der Waals surface area contributed by atoms with E-state index in [2.05, 4.69) is 5.43 Å². The number of halogens is 2. The lowest BCUT2D eigenvalue weighted by atomic mass is 9.97. The molecule has 0 heterocycles. The van der Waals surface area contributed by atoms with Crippen molar-refractivity contribution < 1.29 is 8.78 Å². The highest BCUT2D eigenvalue weighted by molar-refractivity contribution is 5.35. The Bertz CT molecular complexity index is 541. The highest BCUT2D eigenvalue weighted by Crippen LogP contribution is 2.25. The van der Waals surface area contributed by atoms with Crippen LogP contribution in [0.5, 0.6) is 0 Å². The van der Waals surface area contributed by atoms with E-state index in [-0.39, 0.29) is 0 Å². The predicted molar refractivity (Wildman–Crippen MR) is 66.7 cm³/mol. The fourth-order valence-electron chi connectivity index (χ4n) is 1.91. The second-order valence-electron chi connectivity index (χ2n) is 4.13. The Kier molecular flexibility index (Phi) is 3.69. The SMILES string of the molecule is Cc1cc(C(NN)c2ccccc2)c(F)cc1F. The van der Waals surface area contributed by atoms with E-state index >= 15 is 0 Å². The number of rotatable bonds is 3. The Hall–Kier alpha value is -1.78. The van der Waals surface area contributed by atoms with Crippen molar-refractivity contribution in [3.8, 4) is 0 Å². The van der Waals surface area contributed by atoms with Crippen LogP contribution in [0.1, 0.15) is 22.7 Å². The highest BCUT2D eigenvalue weighted by atomic mass is 19.1. The van der Waals surface area contributed by atoms with Crippen molar-refractivity contribution in [2.75, 3.05) is 0 Å². The molecule has 0 saturated heterocycles. The molecular formula is C14H14F2N2. The van der Waals surface area contributed by atoms with Crippen LogP contribution in [0.15, 0.2) is 42.5 Å². The first-order valence-electron chi connectivity index (χ1n) is 5.60. The smallest absolute Gasteiger partial charge is 0.131 e. The third-order valence-corrected chi connectivity index (χ3v) is 2.89. The number of hydrazine groups is 1. The van der Waals surface area contributed by atoms with Gasteiger partial charge in [-0.3, -0.25) is 5.84 Å². The average molecular weight is 248 g/mol. The van der Waals surface area contributed by atoms with Gasteiger partial charge in [-0.05, 0) is 24.1 Å². The molecule has 2 nitrogen and oxygen atoms in total. The Morgan fingerprint density at radius 3 is 2.33 bits per heavy atom. The van der Waals surface area contributed by atoms with E-state index in [0.717, 1.165) is 11.6 Å². The molecule has 94 valence electrons. The number of nitrogens with two attached hydrogens (primary N) is 1. The van der Waals surface area contributed by atoms with Gasteiger partial charge in [0.25, 0.3) is 0 Å². The quantitative estimate of drug-likeness (QED) is 0.647. The third-order valence-electron chi connectivity index (χ3n) is 2.89. The summed E-state index contributed by atoms with van der Waals surface area (Å²) >= 11 is 0. The largest absolute Gasteiger partial charge is 0.271 e. The summed E-state index contributed by atoms with van der Waals surface area (Å²) in [6, 6.07) is 11.1. The minimum absolute atomic E-state index is 0.336. The topological polar surface area (TPSA) is 38.0 Å². The summed E-state index contributed by atoms with van der Waals surface area (Å²) in [4.78, 5) is 0. The van der Waals surface area contributed by atoms with E-state index in [1.807, 2.05) is 30.3 Å². The molecule has 0 spiro atoms. The fourth-order valence-corrected chi connectivity index (χ4v) is 1.91. The van der Waals surface area contributed by atoms with E-state index in [1.165, 1.54) is 6.07 Å². The molecule has 0 aromatic heterocycles. The molecule has 3 N–H and O–H groups in total. The molecule has 2 aromatic rings. The zero-order valence-corrected chi connectivity index (χ0v) is 9.95. The summed E-state index contributed by atoms with van der Waals surface area (Å²) in [5.41, 5.74) is 4.11. The molecule has 0 fully saturated rings. The van der Waals surface area contributed by atoms with Crippen LogP contribution < -0.4 is 11.3 Å². The molecule has 1 atom stereocenters. The van der Waals surface area contributed by atoms with E-state index < -0.39 is 17.7 Å². The molecule has 0 aliphatic carbocycles. The van der Waals surface area contributed by atoms with Gasteiger partial charge >= 0.3 is 0 Å². The Morgan fingerprint density at radius 2 is 1.72 bits per heavy atom. The van der Waals surface area contributed by atoms with Crippen LogP contribution in [-0.2, 0) is 0 Å². The Labute approximate surface area is 104 Å². The van der Waals surface area contributed by atoms with Gasteiger partial charge in [0.2, 0.25) is 0 Å². The lowest BCUT2D eigenvalue weighted by molar-refractivity contribution is 0.538. The van der Waals surface area contributed by atoms with Crippen LogP contribution in [0.3, 0.4) is 0 Å². The summed E-state index contributed by atoms with van der Waals surface area (Å²) in [5, 5.41) is 0. The van der Waals surface area contributed by atoms with Crippen molar-refractivity contribution in [2.45, 2.75) is 13.0 Å². The average Bonchev–Trinajstić information content (AvgIpc) is 2.38. The van der Waals surface area contributed by atoms with Gasteiger partial charge in [-0.1, -0.05) is 30.3 Å². The molecule has 0 bridgehead atoms. The van der Waals surface area contributed by atoms with Gasteiger partial charge in [-0.25, -0.2) is 14.2 Å². The third kappa shape index (κ3) is 2.39. The number of hydrogen-bond donors (Lipinski definition) is 2. The molecule has 0 radical (unpaired) electrons. The van der Waals surface area contributed by atoms with Crippen molar-refractivity contribution in [3.05, 3.63) is 70.8 Å². The maximum Gasteiger partial charge on any atom is 0.131 e. The van der Waals surface area contributed by atoms with E-state index in [9.17, 15) is 8.78 Å². The molecule has 0 aliphatic heterocycles. The molecule has 4 heteroatoms. The molecular weight excluding hydrogens is 234 g/mol. The van der Waals surface area contributed by atoms with Gasteiger partial charge in [0.1, 0.15) is 11.6 Å². The zero-order chi connectivity index (χ0) is 13.1. The first-order valence-corrected chi connectivity index (χ1v) is 5.60. The van der Waals surface area contributed by atoms with Gasteiger partial charge in [-0.2, -0.15) is 0 Å². The van der Waals surface area contributed by atoms with E-state index in [4.69, 9.17) is 5.84 Å². The predicted octanol–water partition coefficient (Wildman–Crippen LogP) is 2.83. The highest BCUT2D eigenvalue weighted by Gasteiger charge is 2.18. The van der Waals surface area contributed by atoms with Crippen molar-refractivity contribution in [1.82, 2.24) is 5.43 Å². The van der Waals surface area contributed by atoms with Crippen molar-refractivity contribution >= 4 is 0 Å². The monoisotopic (exact) mass is 248 g/mol. The van der Waals surface area contributed by atoms with Crippen LogP contribution >= 0.6 is 0 Å². The van der Waals surface area contributed by atoms with Crippen LogP contribution in [0.2, 0.25) is 0 Å². The van der Waals surface area contributed by atoms with Crippen molar-refractivity contribution in [1.29, 1.82) is 0 Å². The maximum absolute atomic E-state index is 13.8. The summed E-state index contributed by atoms with van der Waals surface area (Å²) in [5.74, 6) is 4.32. The van der Waals surface area contributed by atoms with Crippen LogP contribution in [0, 0.1) is 18.6 Å². The van der Waals surface area contributed by atoms with E-state index in [0.29, 0.717) is 11.1 Å². The van der Waals surface area contributed by atoms with Gasteiger partial charge in [0.15, 0.2) is 0 Å². The minimum Gasteiger partial charge on any atom is -0.271 e. The second-order valence-corrected chi connectivity index (χ2v) is 4.13. The molecule has 0 saturated carbocycles. The summed E-state index contributed by atoms with van der Waals surface area (Å²) in [6.45, 7) is 1.59. The second kappa shape index (κ2) is 5.25. The molecule has 2 aromatic carbocycles. The summed E-state index contributed by atoms with van der Waals surface area (Å²) in [6.07, 6.45) is 0. The summed E-state index contributed by atoms with van der Waals surface area (Å²) < 4.78 is 27.1. The molecule has 0 aliphatic rings. The number of benzene rings is 2. The number of aryl methyl sites for hydroxylation is 1. The summed E-state index contributed by atoms with van der Waals surface area (Å²) in [7, 11) is 0. The minimum atomic E-state index is -0.607. The van der Waals surface area contributed by atoms with E-state index in [1.54, 1.807) is 6.92 Å². The first kappa shape index (κ1) is 12.7. The van der Waals surface area contributed by atoms with Crippen LogP contribution in [0.25, 0.3) is 0 Å². The Balaban J connectivity index is 2.49. The normalized spacial score (nSPS) is 12.4. The first-order chi connectivity index (χ1) is 8.63. The number of nitrogens with one attached hydrogen (secondary N) is 1. The lowest BCUT2D eigenvalue weighted by Crippen LogP contribution is -2.29. The van der Waals surface area contributed by atoms with Gasteiger partial charge in [0.05, 0.1) is 6.04 Å². The number of hydrogen-bond acceptors (Lipinski definition) is 2. The van der Waals surface area contributed by atoms with Crippen LogP contribution in [-0.4, -0.2) is 0 Å². The van der Waals surface area contributed by atoms with Crippen molar-refractivity contribution in [3.63, 3.8) is 0 Å². The molecule has 0 amide bonds. The maximum atomic E-state index is 13.8. The Morgan fingerprint density at radius 1 is 1.06 bits per heavy atom.